The quantitative estimate of drug-likeness (QED) is 0.621. The van der Waals surface area contributed by atoms with Crippen LogP contribution in [-0.4, -0.2) is 45.9 Å². The number of methoxy groups -OCH3 is 2. The largest absolute Gasteiger partial charge is 0.466 e. The molecule has 0 aromatic heterocycles. The Hall–Kier alpha value is -3.39. The summed E-state index contributed by atoms with van der Waals surface area (Å²) in [5.74, 6) is -2.21. The van der Waals surface area contributed by atoms with Gasteiger partial charge in [-0.2, -0.15) is 0 Å². The summed E-state index contributed by atoms with van der Waals surface area (Å²) < 4.78 is 37.8. The van der Waals surface area contributed by atoms with Crippen molar-refractivity contribution in [2.45, 2.75) is 24.2 Å². The van der Waals surface area contributed by atoms with Gasteiger partial charge in [-0.3, -0.25) is 4.31 Å². The number of sulfonamides is 1. The van der Waals surface area contributed by atoms with Crippen LogP contribution in [0.4, 0.5) is 0 Å². The highest BCUT2D eigenvalue weighted by atomic mass is 32.2. The number of benzene rings is 2. The number of hydrogen-bond acceptors (Lipinski definition) is 6. The molecule has 1 unspecified atom stereocenters. The highest BCUT2D eigenvalue weighted by Crippen LogP contribution is 2.42. The van der Waals surface area contributed by atoms with Crippen molar-refractivity contribution < 1.29 is 27.5 Å². The zero-order valence-electron chi connectivity index (χ0n) is 18.4. The Morgan fingerprint density at radius 1 is 0.938 bits per heavy atom. The molecule has 0 aliphatic heterocycles. The van der Waals surface area contributed by atoms with Gasteiger partial charge in [-0.05, 0) is 24.6 Å². The SMILES string of the molecule is COC(=O)C1=C(C(=O)OC)C(c2ccccc2)C(N(C)S(=O)(=O)c2ccc(C)cc2)=CC1. The van der Waals surface area contributed by atoms with Crippen LogP contribution in [0.15, 0.2) is 82.4 Å². The fraction of sp³-hybridized carbons (Fsp3) is 0.250. The molecule has 0 saturated carbocycles. The molecular weight excluding hydrogens is 430 g/mol. The van der Waals surface area contributed by atoms with Crippen molar-refractivity contribution in [3.8, 4) is 0 Å². The number of carbonyl (C=O) groups excluding carboxylic acids is 2. The summed E-state index contributed by atoms with van der Waals surface area (Å²) in [6.45, 7) is 1.87. The number of aryl methyl sites for hydroxylation is 1. The first-order valence-electron chi connectivity index (χ1n) is 9.92. The number of nitrogens with zero attached hydrogens (tertiary/aromatic N) is 1. The minimum absolute atomic E-state index is 0.0313. The standard InChI is InChI=1S/C24H25NO6S/c1-16-10-12-18(13-11-16)32(28,29)25(2)20-15-14-19(23(26)30-3)22(24(27)31-4)21(20)17-8-6-5-7-9-17/h5-13,15,21H,14H2,1-4H3. The summed E-state index contributed by atoms with van der Waals surface area (Å²) in [5, 5.41) is 0. The van der Waals surface area contributed by atoms with Gasteiger partial charge in [0.05, 0.1) is 36.2 Å². The van der Waals surface area contributed by atoms with Crippen molar-refractivity contribution in [2.75, 3.05) is 21.3 Å². The number of carbonyl (C=O) groups is 2. The van der Waals surface area contributed by atoms with Crippen LogP contribution >= 0.6 is 0 Å². The molecule has 8 heteroatoms. The second-order valence-electron chi connectivity index (χ2n) is 7.34. The molecular formula is C24H25NO6S. The van der Waals surface area contributed by atoms with Crippen LogP contribution in [0.3, 0.4) is 0 Å². The van der Waals surface area contributed by atoms with E-state index in [1.165, 1.54) is 21.3 Å². The summed E-state index contributed by atoms with van der Waals surface area (Å²) >= 11 is 0. The molecule has 2 aromatic carbocycles. The molecule has 168 valence electrons. The summed E-state index contributed by atoms with van der Waals surface area (Å²) in [6.07, 6.45) is 1.67. The summed E-state index contributed by atoms with van der Waals surface area (Å²) in [6, 6.07) is 15.4. The van der Waals surface area contributed by atoms with Gasteiger partial charge in [0.25, 0.3) is 10.0 Å². The Labute approximate surface area is 188 Å². The van der Waals surface area contributed by atoms with E-state index in [2.05, 4.69) is 0 Å². The van der Waals surface area contributed by atoms with E-state index in [1.54, 1.807) is 54.6 Å². The van der Waals surface area contributed by atoms with E-state index >= 15 is 0 Å². The molecule has 2 aromatic rings. The average molecular weight is 456 g/mol. The smallest absolute Gasteiger partial charge is 0.335 e. The number of allylic oxidation sites excluding steroid dienone is 2. The second-order valence-corrected chi connectivity index (χ2v) is 9.31. The van der Waals surface area contributed by atoms with Gasteiger partial charge < -0.3 is 9.47 Å². The number of esters is 2. The average Bonchev–Trinajstić information content (AvgIpc) is 2.82. The minimum Gasteiger partial charge on any atom is -0.466 e. The molecule has 3 rings (SSSR count). The predicted octanol–water partition coefficient (Wildman–Crippen LogP) is 3.33. The summed E-state index contributed by atoms with van der Waals surface area (Å²) in [7, 11) is -0.0314. The molecule has 1 atom stereocenters. The van der Waals surface area contributed by atoms with Crippen LogP contribution in [-0.2, 0) is 29.1 Å². The fourth-order valence-electron chi connectivity index (χ4n) is 3.72. The summed E-state index contributed by atoms with van der Waals surface area (Å²) in [5.41, 5.74) is 2.13. The molecule has 7 nitrogen and oxygen atoms in total. The van der Waals surface area contributed by atoms with Gasteiger partial charge in [0.15, 0.2) is 0 Å². The Bertz CT molecular complexity index is 1180. The predicted molar refractivity (Wildman–Crippen MR) is 119 cm³/mol. The van der Waals surface area contributed by atoms with E-state index in [1.807, 2.05) is 13.0 Å². The normalized spacial score (nSPS) is 16.2. The number of likely N-dealkylation sites (N-methyl/N-ethyl adjacent to an activating group) is 1. The molecule has 1 aliphatic rings. The third-order valence-electron chi connectivity index (χ3n) is 5.44. The third kappa shape index (κ3) is 4.31. The molecule has 0 spiro atoms. The molecule has 1 aliphatic carbocycles. The first kappa shape index (κ1) is 23.3. The number of rotatable bonds is 6. The first-order valence-corrected chi connectivity index (χ1v) is 11.4. The maximum absolute atomic E-state index is 13.4. The second kappa shape index (κ2) is 9.40. The maximum Gasteiger partial charge on any atom is 0.335 e. The van der Waals surface area contributed by atoms with Crippen molar-refractivity contribution in [2.24, 2.45) is 0 Å². The van der Waals surface area contributed by atoms with Crippen LogP contribution < -0.4 is 0 Å². The van der Waals surface area contributed by atoms with E-state index in [0.29, 0.717) is 11.3 Å². The lowest BCUT2D eigenvalue weighted by Crippen LogP contribution is -2.34. The maximum atomic E-state index is 13.4. The van der Waals surface area contributed by atoms with Crippen LogP contribution in [0.25, 0.3) is 0 Å². The van der Waals surface area contributed by atoms with Gasteiger partial charge in [0, 0.05) is 19.2 Å². The van der Waals surface area contributed by atoms with Gasteiger partial charge in [-0.25, -0.2) is 18.0 Å². The van der Waals surface area contributed by atoms with Crippen LogP contribution in [0.5, 0.6) is 0 Å². The third-order valence-corrected chi connectivity index (χ3v) is 7.24. The minimum atomic E-state index is -3.92. The highest BCUT2D eigenvalue weighted by Gasteiger charge is 2.39. The molecule has 0 saturated heterocycles. The van der Waals surface area contributed by atoms with E-state index < -0.39 is 27.9 Å². The number of ether oxygens (including phenoxy) is 2. The Balaban J connectivity index is 2.18. The van der Waals surface area contributed by atoms with E-state index in [9.17, 15) is 18.0 Å². The van der Waals surface area contributed by atoms with Gasteiger partial charge >= 0.3 is 11.9 Å². The van der Waals surface area contributed by atoms with Crippen molar-refractivity contribution >= 4 is 22.0 Å². The van der Waals surface area contributed by atoms with Crippen molar-refractivity contribution in [3.05, 3.63) is 88.6 Å². The Morgan fingerprint density at radius 2 is 1.53 bits per heavy atom. The lowest BCUT2D eigenvalue weighted by atomic mass is 9.80. The Kier molecular flexibility index (Phi) is 6.84. The zero-order valence-corrected chi connectivity index (χ0v) is 19.2. The van der Waals surface area contributed by atoms with Crippen LogP contribution in [0, 0.1) is 6.92 Å². The van der Waals surface area contributed by atoms with E-state index in [4.69, 9.17) is 9.47 Å². The molecule has 0 N–H and O–H groups in total. The Morgan fingerprint density at radius 3 is 2.09 bits per heavy atom. The van der Waals surface area contributed by atoms with Crippen LogP contribution in [0.1, 0.15) is 23.5 Å². The molecule has 0 radical (unpaired) electrons. The topological polar surface area (TPSA) is 90.0 Å². The van der Waals surface area contributed by atoms with Gasteiger partial charge in [0.2, 0.25) is 0 Å². The highest BCUT2D eigenvalue weighted by molar-refractivity contribution is 7.89. The monoisotopic (exact) mass is 455 g/mol. The fourth-order valence-corrected chi connectivity index (χ4v) is 4.98. The van der Waals surface area contributed by atoms with E-state index in [-0.39, 0.29) is 22.5 Å². The summed E-state index contributed by atoms with van der Waals surface area (Å²) in [4.78, 5) is 25.4. The zero-order chi connectivity index (χ0) is 23.5. The molecule has 0 heterocycles. The lowest BCUT2D eigenvalue weighted by Gasteiger charge is -2.33. The first-order chi connectivity index (χ1) is 15.2. The molecule has 0 bridgehead atoms. The lowest BCUT2D eigenvalue weighted by molar-refractivity contribution is -0.139. The van der Waals surface area contributed by atoms with Crippen molar-refractivity contribution in [3.63, 3.8) is 0 Å². The molecule has 0 fully saturated rings. The van der Waals surface area contributed by atoms with Crippen molar-refractivity contribution in [1.82, 2.24) is 4.31 Å². The van der Waals surface area contributed by atoms with E-state index in [0.717, 1.165) is 9.87 Å². The van der Waals surface area contributed by atoms with Gasteiger partial charge in [-0.15, -0.1) is 0 Å². The van der Waals surface area contributed by atoms with Crippen molar-refractivity contribution in [1.29, 1.82) is 0 Å². The number of hydrogen-bond donors (Lipinski definition) is 0. The molecule has 0 amide bonds. The van der Waals surface area contributed by atoms with Gasteiger partial charge in [0.1, 0.15) is 0 Å². The molecule has 32 heavy (non-hydrogen) atoms. The van der Waals surface area contributed by atoms with Crippen LogP contribution in [0.2, 0.25) is 0 Å². The van der Waals surface area contributed by atoms with Gasteiger partial charge in [-0.1, -0.05) is 54.1 Å².